The van der Waals surface area contributed by atoms with Crippen LogP contribution < -0.4 is 16.4 Å². The summed E-state index contributed by atoms with van der Waals surface area (Å²) in [5, 5.41) is 6.30. The molecule has 0 unspecified atom stereocenters. The van der Waals surface area contributed by atoms with Crippen LogP contribution in [0.1, 0.15) is 13.8 Å². The monoisotopic (exact) mass is 267 g/mol. The Morgan fingerprint density at radius 2 is 1.50 bits per heavy atom. The molecule has 0 radical (unpaired) electrons. The maximum Gasteiger partial charge on any atom is 0.225 e. The Morgan fingerprint density at radius 1 is 0.944 bits per heavy atom. The minimum atomic E-state index is 0.144. The van der Waals surface area contributed by atoms with Gasteiger partial charge in [-0.1, -0.05) is 0 Å². The molecule has 8 heteroatoms. The first-order valence-corrected chi connectivity index (χ1v) is 6.02. The van der Waals surface area contributed by atoms with E-state index < -0.39 is 0 Å². The van der Waals surface area contributed by atoms with E-state index in [1.54, 1.807) is 0 Å². The third kappa shape index (κ3) is 2.35. The summed E-state index contributed by atoms with van der Waals surface area (Å²) in [4.78, 5) is 16.5. The number of aromatic nitrogens is 4. The van der Waals surface area contributed by atoms with Crippen molar-refractivity contribution in [2.24, 2.45) is 0 Å². The summed E-state index contributed by atoms with van der Waals surface area (Å²) in [7, 11) is 0. The Kier molecular flexibility index (Phi) is 3.61. The number of anilines is 3. The van der Waals surface area contributed by atoms with Crippen LogP contribution in [0.25, 0.3) is 11.0 Å². The molecule has 7 nitrogen and oxygen atoms in total. The summed E-state index contributed by atoms with van der Waals surface area (Å²) in [6.45, 7) is 5.31. The van der Waals surface area contributed by atoms with Gasteiger partial charge in [-0.05, 0) is 25.4 Å². The normalized spacial score (nSPS) is 10.6. The van der Waals surface area contributed by atoms with Crippen molar-refractivity contribution in [3.63, 3.8) is 0 Å². The maximum atomic E-state index is 5.89. The van der Waals surface area contributed by atoms with E-state index in [0.29, 0.717) is 35.8 Å². The van der Waals surface area contributed by atoms with Crippen molar-refractivity contribution in [2.45, 2.75) is 13.8 Å². The van der Waals surface area contributed by atoms with Crippen LogP contribution in [0.3, 0.4) is 0 Å². The highest BCUT2D eigenvalue weighted by Gasteiger charge is 2.13. The van der Waals surface area contributed by atoms with Gasteiger partial charge in [-0.3, -0.25) is 0 Å². The summed E-state index contributed by atoms with van der Waals surface area (Å²) in [6, 6.07) is 0. The van der Waals surface area contributed by atoms with Crippen molar-refractivity contribution in [1.82, 2.24) is 19.9 Å². The molecule has 2 aromatic rings. The fourth-order valence-corrected chi connectivity index (χ4v) is 1.76. The Morgan fingerprint density at radius 3 is 2.11 bits per heavy atom. The molecule has 0 aliphatic carbocycles. The van der Waals surface area contributed by atoms with Gasteiger partial charge in [-0.15, -0.1) is 0 Å². The Hall–Kier alpha value is -1.89. The fraction of sp³-hybridized carbons (Fsp3) is 0.400. The highest BCUT2D eigenvalue weighted by atomic mass is 35.5. The third-order valence-corrected chi connectivity index (χ3v) is 2.39. The molecule has 4 N–H and O–H groups in total. The lowest BCUT2D eigenvalue weighted by Gasteiger charge is -2.10. The van der Waals surface area contributed by atoms with Crippen LogP contribution in [-0.4, -0.2) is 33.0 Å². The van der Waals surface area contributed by atoms with E-state index >= 15 is 0 Å². The average Bonchev–Trinajstić information content (AvgIpc) is 2.31. The highest BCUT2D eigenvalue weighted by molar-refractivity contribution is 6.29. The summed E-state index contributed by atoms with van der Waals surface area (Å²) in [6.07, 6.45) is 0. The predicted octanol–water partition coefficient (Wildman–Crippen LogP) is 1.52. The number of nitrogen functional groups attached to an aromatic ring is 1. The molecule has 0 aliphatic heterocycles. The van der Waals surface area contributed by atoms with Crippen LogP contribution >= 0.6 is 11.6 Å². The first kappa shape index (κ1) is 12.6. The molecule has 0 atom stereocenters. The zero-order valence-electron chi connectivity index (χ0n) is 10.2. The van der Waals surface area contributed by atoms with E-state index in [0.717, 1.165) is 0 Å². The number of rotatable bonds is 4. The van der Waals surface area contributed by atoms with Gasteiger partial charge in [0, 0.05) is 13.1 Å². The van der Waals surface area contributed by atoms with Crippen LogP contribution in [0.4, 0.5) is 17.6 Å². The van der Waals surface area contributed by atoms with Gasteiger partial charge in [0.15, 0.2) is 11.6 Å². The van der Waals surface area contributed by atoms with Gasteiger partial charge < -0.3 is 16.4 Å². The summed E-state index contributed by atoms with van der Waals surface area (Å²) in [5.74, 6) is 1.28. The Bertz CT molecular complexity index is 520. The van der Waals surface area contributed by atoms with Gasteiger partial charge in [-0.2, -0.15) is 9.97 Å². The minimum absolute atomic E-state index is 0.144. The minimum Gasteiger partial charge on any atom is -0.368 e. The van der Waals surface area contributed by atoms with E-state index in [1.165, 1.54) is 0 Å². The number of nitrogens with one attached hydrogen (secondary N) is 2. The molecule has 0 amide bonds. The lowest BCUT2D eigenvalue weighted by atomic mass is 10.3. The first-order chi connectivity index (χ1) is 8.65. The third-order valence-electron chi connectivity index (χ3n) is 2.22. The molecule has 2 rings (SSSR count). The molecule has 0 aromatic carbocycles. The van der Waals surface area contributed by atoms with Crippen molar-refractivity contribution in [1.29, 1.82) is 0 Å². The molecule has 96 valence electrons. The maximum absolute atomic E-state index is 5.89. The molecule has 0 saturated heterocycles. The topological polar surface area (TPSA) is 102 Å². The molecular weight excluding hydrogens is 254 g/mol. The molecule has 2 heterocycles. The summed E-state index contributed by atoms with van der Waals surface area (Å²) in [5.41, 5.74) is 6.80. The second kappa shape index (κ2) is 5.18. The summed E-state index contributed by atoms with van der Waals surface area (Å²) >= 11 is 5.89. The number of halogens is 1. The number of nitrogens with zero attached hydrogens (tertiary/aromatic N) is 4. The fourth-order valence-electron chi connectivity index (χ4n) is 1.59. The van der Waals surface area contributed by atoms with Crippen LogP contribution in [0, 0.1) is 0 Å². The van der Waals surface area contributed by atoms with Crippen LogP contribution in [-0.2, 0) is 0 Å². The number of hydrogen-bond acceptors (Lipinski definition) is 7. The van der Waals surface area contributed by atoms with Crippen molar-refractivity contribution in [3.8, 4) is 0 Å². The molecule has 0 fully saturated rings. The first-order valence-electron chi connectivity index (χ1n) is 5.64. The average molecular weight is 268 g/mol. The predicted molar refractivity (Wildman–Crippen MR) is 72.9 cm³/mol. The van der Waals surface area contributed by atoms with Gasteiger partial charge in [0.2, 0.25) is 11.2 Å². The van der Waals surface area contributed by atoms with Crippen LogP contribution in [0.15, 0.2) is 0 Å². The van der Waals surface area contributed by atoms with E-state index in [4.69, 9.17) is 17.3 Å². The van der Waals surface area contributed by atoms with Gasteiger partial charge in [0.1, 0.15) is 11.0 Å². The molecule has 18 heavy (non-hydrogen) atoms. The second-order valence-electron chi connectivity index (χ2n) is 3.53. The second-order valence-corrected chi connectivity index (χ2v) is 3.87. The van der Waals surface area contributed by atoms with Crippen LogP contribution in [0.5, 0.6) is 0 Å². The SMILES string of the molecule is CCNc1nc(Cl)nc2c(NCC)nc(N)nc12. The van der Waals surface area contributed by atoms with E-state index in [9.17, 15) is 0 Å². The highest BCUT2D eigenvalue weighted by Crippen LogP contribution is 2.25. The molecule has 0 spiro atoms. The van der Waals surface area contributed by atoms with Gasteiger partial charge in [0.05, 0.1) is 0 Å². The molecule has 2 aromatic heterocycles. The zero-order chi connectivity index (χ0) is 13.1. The van der Waals surface area contributed by atoms with Crippen molar-refractivity contribution >= 4 is 40.2 Å². The summed E-state index contributed by atoms with van der Waals surface area (Å²) < 4.78 is 0. The van der Waals surface area contributed by atoms with Crippen LogP contribution in [0.2, 0.25) is 5.28 Å². The standard InChI is InChI=1S/C10H14ClN7/c1-3-13-7-6-5(15-9(11)17-7)8(14-4-2)18-10(12)16-6/h3-4H2,1-2H3,(H,13,15,17)(H3,12,14,16,18). The van der Waals surface area contributed by atoms with Crippen molar-refractivity contribution < 1.29 is 0 Å². The molecule has 0 saturated carbocycles. The molecule has 0 aliphatic rings. The van der Waals surface area contributed by atoms with E-state index in [2.05, 4.69) is 30.6 Å². The molecule has 0 bridgehead atoms. The van der Waals surface area contributed by atoms with Gasteiger partial charge in [-0.25, -0.2) is 9.97 Å². The molecular formula is C10H14ClN7. The largest absolute Gasteiger partial charge is 0.368 e. The number of fused-ring (bicyclic) bond motifs is 1. The number of nitrogens with two attached hydrogens (primary N) is 1. The number of hydrogen-bond donors (Lipinski definition) is 3. The Labute approximate surface area is 109 Å². The van der Waals surface area contributed by atoms with E-state index in [1.807, 2.05) is 13.8 Å². The lowest BCUT2D eigenvalue weighted by molar-refractivity contribution is 1.10. The van der Waals surface area contributed by atoms with Crippen molar-refractivity contribution in [3.05, 3.63) is 5.28 Å². The smallest absolute Gasteiger partial charge is 0.225 e. The van der Waals surface area contributed by atoms with E-state index in [-0.39, 0.29) is 11.2 Å². The Balaban J connectivity index is 2.71. The quantitative estimate of drug-likeness (QED) is 0.722. The van der Waals surface area contributed by atoms with Gasteiger partial charge in [0.25, 0.3) is 0 Å². The van der Waals surface area contributed by atoms with Crippen molar-refractivity contribution in [2.75, 3.05) is 29.5 Å². The van der Waals surface area contributed by atoms with Gasteiger partial charge >= 0.3 is 0 Å². The lowest BCUT2D eigenvalue weighted by Crippen LogP contribution is -2.09. The zero-order valence-corrected chi connectivity index (χ0v) is 10.9.